The minimum Gasteiger partial charge on any atom is -0.481 e. The molecule has 0 aromatic rings. The molecule has 13 heteroatoms. The summed E-state index contributed by atoms with van der Waals surface area (Å²) in [4.78, 5) is 36.4. The lowest BCUT2D eigenvalue weighted by Crippen LogP contribution is -2.60. The van der Waals surface area contributed by atoms with Gasteiger partial charge in [-0.05, 0) is 20.8 Å². The van der Waals surface area contributed by atoms with E-state index in [4.69, 9.17) is 23.7 Å². The molecule has 0 aromatic heterocycles. The number of methoxy groups -OCH3 is 1. The molecule has 0 bridgehead atoms. The normalized spacial score (nSPS) is 34.3. The van der Waals surface area contributed by atoms with Gasteiger partial charge < -0.3 is 49.2 Å². The van der Waals surface area contributed by atoms with Crippen molar-refractivity contribution in [2.24, 2.45) is 11.8 Å². The summed E-state index contributed by atoms with van der Waals surface area (Å²) in [5.41, 5.74) is 0.137. The van der Waals surface area contributed by atoms with Crippen molar-refractivity contribution in [2.45, 2.75) is 70.3 Å². The van der Waals surface area contributed by atoms with Gasteiger partial charge in [0.15, 0.2) is 6.29 Å². The van der Waals surface area contributed by atoms with Crippen molar-refractivity contribution in [3.05, 3.63) is 23.5 Å². The van der Waals surface area contributed by atoms with Crippen molar-refractivity contribution in [3.63, 3.8) is 0 Å². The van der Waals surface area contributed by atoms with Gasteiger partial charge in [-0.25, -0.2) is 9.59 Å². The first-order valence-corrected chi connectivity index (χ1v) is 10.9. The molecule has 0 saturated carbocycles. The van der Waals surface area contributed by atoms with E-state index in [1.165, 1.54) is 19.9 Å². The molecule has 0 aliphatic carbocycles. The highest BCUT2D eigenvalue weighted by molar-refractivity contribution is 5.90. The number of hydrogen-bond acceptors (Lipinski definition) is 12. The van der Waals surface area contributed by atoms with Gasteiger partial charge in [0.05, 0.1) is 37.9 Å². The smallest absolute Gasteiger partial charge is 0.337 e. The van der Waals surface area contributed by atoms with Crippen LogP contribution in [0.5, 0.6) is 0 Å². The average Bonchev–Trinajstić information content (AvgIpc) is 2.82. The Morgan fingerprint density at radius 2 is 1.80 bits per heavy atom. The molecule has 0 radical (unpaired) electrons. The van der Waals surface area contributed by atoms with Gasteiger partial charge in [-0.15, -0.1) is 0 Å². The molecule has 35 heavy (non-hydrogen) atoms. The van der Waals surface area contributed by atoms with Gasteiger partial charge in [-0.2, -0.15) is 0 Å². The summed E-state index contributed by atoms with van der Waals surface area (Å²) in [5, 5.41) is 49.3. The molecule has 0 amide bonds. The minimum absolute atomic E-state index is 0.140. The summed E-state index contributed by atoms with van der Waals surface area (Å²) in [6.07, 6.45) is -8.69. The number of carboxylic acids is 1. The number of esters is 2. The van der Waals surface area contributed by atoms with E-state index in [9.17, 15) is 39.9 Å². The Balaban J connectivity index is 2.44. The van der Waals surface area contributed by atoms with E-state index in [1.807, 2.05) is 0 Å². The van der Waals surface area contributed by atoms with Crippen LogP contribution in [0.2, 0.25) is 0 Å². The van der Waals surface area contributed by atoms with E-state index in [0.717, 1.165) is 13.4 Å². The molecule has 2 aliphatic rings. The Labute approximate surface area is 201 Å². The SMILES string of the molecule is C/C=C(\C)C(=O)OC(C)[C@H]1C(O[C@@H]2O[C@H](CO)[C@@H](O)[C@H](O)[C@H]2O)OC=C(C(=O)OC)[C@H]1CC(=O)O. The molecule has 2 unspecified atom stereocenters. The topological polar surface area (TPSA) is 199 Å². The number of carboxylic acid groups (broad SMARTS) is 1. The molecule has 5 N–H and O–H groups in total. The summed E-state index contributed by atoms with van der Waals surface area (Å²) in [6.45, 7) is 3.89. The Kier molecular flexibility index (Phi) is 10.2. The molecular weight excluding hydrogens is 472 g/mol. The fourth-order valence-corrected chi connectivity index (χ4v) is 3.91. The van der Waals surface area contributed by atoms with Crippen LogP contribution >= 0.6 is 0 Å². The van der Waals surface area contributed by atoms with Crippen molar-refractivity contribution in [3.8, 4) is 0 Å². The summed E-state index contributed by atoms with van der Waals surface area (Å²) in [6, 6.07) is 0. The fraction of sp³-hybridized carbons (Fsp3) is 0.682. The van der Waals surface area contributed by atoms with Gasteiger partial charge in [0.1, 0.15) is 30.5 Å². The summed E-state index contributed by atoms with van der Waals surface area (Å²) < 4.78 is 26.8. The van der Waals surface area contributed by atoms with Gasteiger partial charge in [-0.1, -0.05) is 6.08 Å². The van der Waals surface area contributed by atoms with E-state index >= 15 is 0 Å². The first-order chi connectivity index (χ1) is 16.5. The summed E-state index contributed by atoms with van der Waals surface area (Å²) in [7, 11) is 1.10. The summed E-state index contributed by atoms with van der Waals surface area (Å²) in [5.74, 6) is -5.07. The van der Waals surface area contributed by atoms with Gasteiger partial charge >= 0.3 is 17.9 Å². The lowest BCUT2D eigenvalue weighted by atomic mass is 9.78. The maximum absolute atomic E-state index is 12.4. The Hall–Kier alpha value is -2.55. The van der Waals surface area contributed by atoms with Crippen LogP contribution in [0.4, 0.5) is 0 Å². The molecule has 198 valence electrons. The Bertz CT molecular complexity index is 835. The Morgan fingerprint density at radius 3 is 2.34 bits per heavy atom. The highest BCUT2D eigenvalue weighted by Crippen LogP contribution is 2.39. The van der Waals surface area contributed by atoms with Gasteiger partial charge in [0.2, 0.25) is 6.29 Å². The number of rotatable bonds is 9. The third-order valence-electron chi connectivity index (χ3n) is 6.03. The van der Waals surface area contributed by atoms with Crippen molar-refractivity contribution in [1.29, 1.82) is 0 Å². The first kappa shape index (κ1) is 28.7. The number of allylic oxidation sites excluding steroid dienone is 1. The molecule has 9 atom stereocenters. The quantitative estimate of drug-likeness (QED) is 0.186. The molecule has 2 rings (SSSR count). The standard InChI is InChI=1S/C22H32O13/c1-5-9(2)19(29)33-10(3)15-11(6-14(24)25)12(20(30)31-4)8-32-21(15)35-22-18(28)17(27)16(26)13(7-23)34-22/h5,8,10-11,13,15-18,21-23,26-28H,6-7H2,1-4H3,(H,24,25)/b9-5+/t10?,11-,13-,15-,16-,17+,18-,21?,22+/m1/s1. The van der Waals surface area contributed by atoms with Crippen LogP contribution in [0.1, 0.15) is 27.2 Å². The van der Waals surface area contributed by atoms with Crippen molar-refractivity contribution < 1.29 is 63.6 Å². The number of aliphatic hydroxyl groups excluding tert-OH is 4. The monoisotopic (exact) mass is 504 g/mol. The van der Waals surface area contributed by atoms with E-state index in [0.29, 0.717) is 0 Å². The van der Waals surface area contributed by atoms with Gasteiger partial charge in [0, 0.05) is 11.5 Å². The number of ether oxygens (including phenoxy) is 5. The third-order valence-corrected chi connectivity index (χ3v) is 6.03. The molecule has 1 fully saturated rings. The second-order valence-electron chi connectivity index (χ2n) is 8.27. The highest BCUT2D eigenvalue weighted by atomic mass is 16.8. The van der Waals surface area contributed by atoms with E-state index in [-0.39, 0.29) is 11.1 Å². The average molecular weight is 504 g/mol. The van der Waals surface area contributed by atoms with Crippen LogP contribution in [0, 0.1) is 11.8 Å². The van der Waals surface area contributed by atoms with Crippen molar-refractivity contribution >= 4 is 17.9 Å². The van der Waals surface area contributed by atoms with Crippen molar-refractivity contribution in [2.75, 3.05) is 13.7 Å². The van der Waals surface area contributed by atoms with Gasteiger partial charge in [-0.3, -0.25) is 4.79 Å². The highest BCUT2D eigenvalue weighted by Gasteiger charge is 2.50. The molecule has 2 heterocycles. The molecule has 0 spiro atoms. The zero-order chi connectivity index (χ0) is 26.4. The number of aliphatic hydroxyl groups is 4. The van der Waals surface area contributed by atoms with Crippen molar-refractivity contribution in [1.82, 2.24) is 0 Å². The van der Waals surface area contributed by atoms with E-state index in [1.54, 1.807) is 6.92 Å². The minimum atomic E-state index is -1.77. The molecular formula is C22H32O13. The molecule has 13 nitrogen and oxygen atoms in total. The number of aliphatic carboxylic acids is 1. The van der Waals surface area contributed by atoms with Crippen LogP contribution < -0.4 is 0 Å². The number of carbonyl (C=O) groups excluding carboxylic acids is 2. The molecule has 0 aromatic carbocycles. The number of hydrogen-bond donors (Lipinski definition) is 5. The lowest BCUT2D eigenvalue weighted by Gasteiger charge is -2.44. The second kappa shape index (κ2) is 12.4. The van der Waals surface area contributed by atoms with E-state index < -0.39 is 85.9 Å². The van der Waals surface area contributed by atoms with Gasteiger partial charge in [0.25, 0.3) is 0 Å². The fourth-order valence-electron chi connectivity index (χ4n) is 3.91. The first-order valence-electron chi connectivity index (χ1n) is 10.9. The zero-order valence-electron chi connectivity index (χ0n) is 19.8. The van der Waals surface area contributed by atoms with Crippen LogP contribution in [-0.4, -0.2) is 100 Å². The largest absolute Gasteiger partial charge is 0.481 e. The third kappa shape index (κ3) is 6.57. The zero-order valence-corrected chi connectivity index (χ0v) is 19.8. The predicted octanol–water partition coefficient (Wildman–Crippen LogP) is -1.18. The summed E-state index contributed by atoms with van der Waals surface area (Å²) >= 11 is 0. The maximum Gasteiger partial charge on any atom is 0.337 e. The molecule has 2 aliphatic heterocycles. The number of carbonyl (C=O) groups is 3. The predicted molar refractivity (Wildman–Crippen MR) is 114 cm³/mol. The second-order valence-corrected chi connectivity index (χ2v) is 8.27. The van der Waals surface area contributed by atoms with Crippen LogP contribution in [0.3, 0.4) is 0 Å². The van der Waals surface area contributed by atoms with Crippen LogP contribution in [0.15, 0.2) is 23.5 Å². The van der Waals surface area contributed by atoms with Crippen LogP contribution in [-0.2, 0) is 38.1 Å². The lowest BCUT2D eigenvalue weighted by molar-refractivity contribution is -0.344. The Morgan fingerprint density at radius 1 is 1.14 bits per heavy atom. The maximum atomic E-state index is 12.4. The van der Waals surface area contributed by atoms with Crippen LogP contribution in [0.25, 0.3) is 0 Å². The van der Waals surface area contributed by atoms with E-state index in [2.05, 4.69) is 0 Å². The molecule has 1 saturated heterocycles.